The standard InChI is InChI=1S/C11H11NO2S2/c12-10(8-2-4-16-6-8)9(11(13)14)7-1-3-15-5-7/h1-6,9-10H,12H2,(H,13,14). The van der Waals surface area contributed by atoms with E-state index in [-0.39, 0.29) is 0 Å². The van der Waals surface area contributed by atoms with Gasteiger partial charge in [-0.25, -0.2) is 0 Å². The second kappa shape index (κ2) is 4.78. The van der Waals surface area contributed by atoms with Crippen molar-refractivity contribution in [2.75, 3.05) is 0 Å². The normalized spacial score (nSPS) is 14.6. The molecule has 0 spiro atoms. The van der Waals surface area contributed by atoms with Crippen LogP contribution in [-0.2, 0) is 4.79 Å². The van der Waals surface area contributed by atoms with Crippen molar-refractivity contribution in [3.05, 3.63) is 44.8 Å². The molecule has 0 saturated carbocycles. The third-order valence-corrected chi connectivity index (χ3v) is 3.86. The van der Waals surface area contributed by atoms with Crippen LogP contribution in [0.3, 0.4) is 0 Å². The first-order chi connectivity index (χ1) is 7.70. The van der Waals surface area contributed by atoms with E-state index in [1.807, 2.05) is 33.7 Å². The summed E-state index contributed by atoms with van der Waals surface area (Å²) in [6, 6.07) is 3.20. The molecule has 84 valence electrons. The maximum atomic E-state index is 11.3. The fraction of sp³-hybridized carbons (Fsp3) is 0.182. The third-order valence-electron chi connectivity index (χ3n) is 2.46. The SMILES string of the molecule is NC(c1ccsc1)C(C(=O)O)c1ccsc1. The summed E-state index contributed by atoms with van der Waals surface area (Å²) < 4.78 is 0. The second-order valence-electron chi connectivity index (χ2n) is 3.46. The highest BCUT2D eigenvalue weighted by atomic mass is 32.1. The maximum absolute atomic E-state index is 11.3. The molecule has 3 nitrogen and oxygen atoms in total. The first-order valence-corrected chi connectivity index (χ1v) is 6.61. The Kier molecular flexibility index (Phi) is 3.38. The lowest BCUT2D eigenvalue weighted by atomic mass is 9.91. The summed E-state index contributed by atoms with van der Waals surface area (Å²) in [6.45, 7) is 0. The van der Waals surface area contributed by atoms with Crippen LogP contribution in [0.5, 0.6) is 0 Å². The predicted molar refractivity (Wildman–Crippen MR) is 65.9 cm³/mol. The fourth-order valence-corrected chi connectivity index (χ4v) is 3.02. The van der Waals surface area contributed by atoms with Gasteiger partial charge in [-0.05, 0) is 44.8 Å². The van der Waals surface area contributed by atoms with Gasteiger partial charge in [0.05, 0.1) is 0 Å². The largest absolute Gasteiger partial charge is 0.481 e. The summed E-state index contributed by atoms with van der Waals surface area (Å²) in [4.78, 5) is 11.3. The molecule has 0 aromatic carbocycles. The molecule has 2 unspecified atom stereocenters. The maximum Gasteiger partial charge on any atom is 0.312 e. The van der Waals surface area contributed by atoms with Gasteiger partial charge in [-0.15, -0.1) is 0 Å². The van der Waals surface area contributed by atoms with Crippen molar-refractivity contribution in [1.29, 1.82) is 0 Å². The van der Waals surface area contributed by atoms with Gasteiger partial charge >= 0.3 is 5.97 Å². The Labute approximate surface area is 101 Å². The molecule has 0 aliphatic heterocycles. The molecule has 2 aromatic rings. The molecule has 2 atom stereocenters. The number of carbonyl (C=O) groups is 1. The van der Waals surface area contributed by atoms with Gasteiger partial charge in [-0.2, -0.15) is 22.7 Å². The van der Waals surface area contributed by atoms with Gasteiger partial charge in [0.15, 0.2) is 0 Å². The molecule has 0 aliphatic carbocycles. The van der Waals surface area contributed by atoms with Gasteiger partial charge in [-0.3, -0.25) is 4.79 Å². The Balaban J connectivity index is 2.31. The van der Waals surface area contributed by atoms with E-state index in [1.54, 1.807) is 0 Å². The quantitative estimate of drug-likeness (QED) is 0.880. The average Bonchev–Trinajstić information content (AvgIpc) is 2.89. The first kappa shape index (κ1) is 11.3. The van der Waals surface area contributed by atoms with Gasteiger partial charge in [0.2, 0.25) is 0 Å². The summed E-state index contributed by atoms with van der Waals surface area (Å²) in [7, 11) is 0. The molecule has 0 bridgehead atoms. The molecule has 5 heteroatoms. The predicted octanol–water partition coefficient (Wildman–Crippen LogP) is 2.68. The van der Waals surface area contributed by atoms with Crippen molar-refractivity contribution in [1.82, 2.24) is 0 Å². The highest BCUT2D eigenvalue weighted by molar-refractivity contribution is 7.08. The van der Waals surface area contributed by atoms with Crippen LogP contribution in [0.2, 0.25) is 0 Å². The molecule has 0 aliphatic rings. The van der Waals surface area contributed by atoms with E-state index in [0.717, 1.165) is 11.1 Å². The van der Waals surface area contributed by atoms with E-state index in [0.29, 0.717) is 0 Å². The monoisotopic (exact) mass is 253 g/mol. The molecular weight excluding hydrogens is 242 g/mol. The first-order valence-electron chi connectivity index (χ1n) is 4.72. The molecule has 3 N–H and O–H groups in total. The van der Waals surface area contributed by atoms with Crippen molar-refractivity contribution in [3.63, 3.8) is 0 Å². The van der Waals surface area contributed by atoms with Crippen LogP contribution in [0.25, 0.3) is 0 Å². The molecule has 16 heavy (non-hydrogen) atoms. The zero-order chi connectivity index (χ0) is 11.5. The summed E-state index contributed by atoms with van der Waals surface area (Å²) in [5.74, 6) is -1.54. The van der Waals surface area contributed by atoms with E-state index < -0.39 is 17.9 Å². The number of nitrogens with two attached hydrogens (primary N) is 1. The minimum absolute atomic E-state index is 0.488. The zero-order valence-corrected chi connectivity index (χ0v) is 10.0. The molecule has 0 amide bonds. The molecule has 2 heterocycles. The minimum Gasteiger partial charge on any atom is -0.481 e. The van der Waals surface area contributed by atoms with E-state index in [4.69, 9.17) is 5.73 Å². The van der Waals surface area contributed by atoms with Gasteiger partial charge < -0.3 is 10.8 Å². The van der Waals surface area contributed by atoms with Crippen LogP contribution in [0.15, 0.2) is 33.7 Å². The van der Waals surface area contributed by atoms with E-state index in [1.165, 1.54) is 22.7 Å². The van der Waals surface area contributed by atoms with Gasteiger partial charge in [0.25, 0.3) is 0 Å². The third kappa shape index (κ3) is 2.16. The molecular formula is C11H11NO2S2. The average molecular weight is 253 g/mol. The van der Waals surface area contributed by atoms with Crippen LogP contribution >= 0.6 is 22.7 Å². The van der Waals surface area contributed by atoms with E-state index in [9.17, 15) is 9.90 Å². The highest BCUT2D eigenvalue weighted by Crippen LogP contribution is 2.31. The van der Waals surface area contributed by atoms with Crippen molar-refractivity contribution in [3.8, 4) is 0 Å². The lowest BCUT2D eigenvalue weighted by molar-refractivity contribution is -0.139. The van der Waals surface area contributed by atoms with E-state index >= 15 is 0 Å². The van der Waals surface area contributed by atoms with Crippen LogP contribution in [0.4, 0.5) is 0 Å². The van der Waals surface area contributed by atoms with Crippen molar-refractivity contribution in [2.45, 2.75) is 12.0 Å². The summed E-state index contributed by atoms with van der Waals surface area (Å²) >= 11 is 3.01. The summed E-state index contributed by atoms with van der Waals surface area (Å²) in [5.41, 5.74) is 7.66. The van der Waals surface area contributed by atoms with Crippen LogP contribution in [-0.4, -0.2) is 11.1 Å². The smallest absolute Gasteiger partial charge is 0.312 e. The molecule has 0 fully saturated rings. The fourth-order valence-electron chi connectivity index (χ4n) is 1.61. The van der Waals surface area contributed by atoms with Gasteiger partial charge in [-0.1, -0.05) is 0 Å². The lowest BCUT2D eigenvalue weighted by Crippen LogP contribution is -2.25. The Hall–Kier alpha value is -1.17. The summed E-state index contributed by atoms with van der Waals surface area (Å²) in [6.07, 6.45) is 0. The Morgan fingerprint density at radius 2 is 1.75 bits per heavy atom. The van der Waals surface area contributed by atoms with Crippen LogP contribution < -0.4 is 5.73 Å². The topological polar surface area (TPSA) is 63.3 Å². The number of hydrogen-bond donors (Lipinski definition) is 2. The highest BCUT2D eigenvalue weighted by Gasteiger charge is 2.28. The lowest BCUT2D eigenvalue weighted by Gasteiger charge is -2.18. The second-order valence-corrected chi connectivity index (χ2v) is 5.02. The van der Waals surface area contributed by atoms with Gasteiger partial charge in [0, 0.05) is 6.04 Å². The molecule has 2 rings (SSSR count). The van der Waals surface area contributed by atoms with Crippen molar-refractivity contribution in [2.24, 2.45) is 5.73 Å². The Morgan fingerprint density at radius 3 is 2.19 bits per heavy atom. The number of aliphatic carboxylic acids is 1. The van der Waals surface area contributed by atoms with E-state index in [2.05, 4.69) is 0 Å². The number of hydrogen-bond acceptors (Lipinski definition) is 4. The minimum atomic E-state index is -0.878. The number of carboxylic acid groups (broad SMARTS) is 1. The Bertz CT molecular complexity index is 450. The number of rotatable bonds is 4. The number of carboxylic acids is 1. The van der Waals surface area contributed by atoms with Gasteiger partial charge in [0.1, 0.15) is 5.92 Å². The summed E-state index contributed by atoms with van der Waals surface area (Å²) in [5, 5.41) is 16.7. The molecule has 2 aromatic heterocycles. The molecule has 0 saturated heterocycles. The van der Waals surface area contributed by atoms with Crippen LogP contribution in [0.1, 0.15) is 23.1 Å². The van der Waals surface area contributed by atoms with Crippen molar-refractivity contribution >= 4 is 28.6 Å². The molecule has 0 radical (unpaired) electrons. The van der Waals surface area contributed by atoms with Crippen molar-refractivity contribution < 1.29 is 9.90 Å². The number of thiophene rings is 2. The zero-order valence-electron chi connectivity index (χ0n) is 8.37. The van der Waals surface area contributed by atoms with Crippen LogP contribution in [0, 0.1) is 0 Å². The Morgan fingerprint density at radius 1 is 1.19 bits per heavy atom.